The molecule has 0 spiro atoms. The van der Waals surface area contributed by atoms with E-state index in [1.165, 1.54) is 0 Å². The van der Waals surface area contributed by atoms with Gasteiger partial charge in [0.2, 0.25) is 11.8 Å². The maximum atomic E-state index is 14.2. The number of aromatic nitrogens is 4. The monoisotopic (exact) mass is 809 g/mol. The minimum absolute atomic E-state index is 0.219. The highest BCUT2D eigenvalue weighted by Crippen LogP contribution is 2.43. The van der Waals surface area contributed by atoms with E-state index >= 15 is 0 Å². The number of tetrazole rings is 1. The normalized spacial score (nSPS) is 13.8. The van der Waals surface area contributed by atoms with E-state index in [0.29, 0.717) is 18.7 Å². The average Bonchev–Trinajstić information content (AvgIpc) is 3.76. The van der Waals surface area contributed by atoms with Crippen LogP contribution < -0.4 is 15.5 Å². The third-order valence-corrected chi connectivity index (χ3v) is 11.1. The van der Waals surface area contributed by atoms with Gasteiger partial charge in [0.1, 0.15) is 18.1 Å². The highest BCUT2D eigenvalue weighted by Gasteiger charge is 2.42. The maximum Gasteiger partial charge on any atom is 0.407 e. The Morgan fingerprint density at radius 2 is 1.33 bits per heavy atom. The van der Waals surface area contributed by atoms with Crippen LogP contribution in [0, 0.1) is 0 Å². The van der Waals surface area contributed by atoms with Gasteiger partial charge < -0.3 is 20.3 Å². The van der Waals surface area contributed by atoms with E-state index in [0.717, 1.165) is 63.0 Å². The Balaban J connectivity index is 1.09. The SMILES string of the molecule is CCCCOC(=O)NCC(=O)NC1CCc2ccccc2N(Cc2ccc(-c3ccccc3-c3nnnn3C(c3ccccc3)(c3ccccc3)c3ccccc3)cc2)C1=O. The molecule has 1 unspecified atom stereocenters. The molecule has 11 heteroatoms. The van der Waals surface area contributed by atoms with E-state index in [9.17, 15) is 14.4 Å². The van der Waals surface area contributed by atoms with Crippen molar-refractivity contribution in [1.29, 1.82) is 0 Å². The molecule has 0 saturated heterocycles. The van der Waals surface area contributed by atoms with Crippen LogP contribution in [0.15, 0.2) is 164 Å². The number of anilines is 1. The summed E-state index contributed by atoms with van der Waals surface area (Å²) in [7, 11) is 0. The van der Waals surface area contributed by atoms with Gasteiger partial charge in [0.15, 0.2) is 5.82 Å². The first kappa shape index (κ1) is 40.4. The number of aryl methyl sites for hydroxylation is 1. The summed E-state index contributed by atoms with van der Waals surface area (Å²) in [6, 6.07) is 54.3. The molecule has 6 aromatic carbocycles. The van der Waals surface area contributed by atoms with Gasteiger partial charge in [-0.25, -0.2) is 9.48 Å². The number of benzene rings is 6. The topological polar surface area (TPSA) is 131 Å². The molecule has 1 aromatic heterocycles. The van der Waals surface area contributed by atoms with Crippen molar-refractivity contribution in [3.05, 3.63) is 192 Å². The Labute approximate surface area is 355 Å². The number of unbranched alkanes of at least 4 members (excludes halogenated alkanes) is 1. The molecule has 7 aromatic rings. The van der Waals surface area contributed by atoms with Crippen molar-refractivity contribution in [3.8, 4) is 22.5 Å². The molecule has 8 rings (SSSR count). The number of amides is 3. The first-order valence-corrected chi connectivity index (χ1v) is 20.7. The first-order chi connectivity index (χ1) is 30.0. The fourth-order valence-corrected chi connectivity index (χ4v) is 8.16. The van der Waals surface area contributed by atoms with E-state index < -0.39 is 23.6 Å². The van der Waals surface area contributed by atoms with Gasteiger partial charge in [0, 0.05) is 11.3 Å². The van der Waals surface area contributed by atoms with Crippen LogP contribution in [0.25, 0.3) is 22.5 Å². The number of nitrogens with one attached hydrogen (secondary N) is 2. The third-order valence-electron chi connectivity index (χ3n) is 11.1. The number of alkyl carbamates (subject to hydrolysis) is 1. The van der Waals surface area contributed by atoms with Crippen molar-refractivity contribution < 1.29 is 19.1 Å². The number of carbonyl (C=O) groups excluding carboxylic acids is 3. The lowest BCUT2D eigenvalue weighted by Crippen LogP contribution is -2.50. The second-order valence-electron chi connectivity index (χ2n) is 15.0. The molecule has 11 nitrogen and oxygen atoms in total. The second-order valence-corrected chi connectivity index (χ2v) is 15.0. The quantitative estimate of drug-likeness (QED) is 0.0835. The molecule has 1 aliphatic heterocycles. The average molecular weight is 810 g/mol. The molecule has 61 heavy (non-hydrogen) atoms. The minimum Gasteiger partial charge on any atom is -0.450 e. The summed E-state index contributed by atoms with van der Waals surface area (Å²) in [5.74, 6) is -0.0808. The Morgan fingerprint density at radius 3 is 1.97 bits per heavy atom. The van der Waals surface area contributed by atoms with Gasteiger partial charge in [0.25, 0.3) is 0 Å². The van der Waals surface area contributed by atoms with Crippen LogP contribution in [0.5, 0.6) is 0 Å². The molecule has 2 heterocycles. The van der Waals surface area contributed by atoms with Gasteiger partial charge in [-0.2, -0.15) is 0 Å². The van der Waals surface area contributed by atoms with Crippen molar-refractivity contribution in [2.75, 3.05) is 18.1 Å². The summed E-state index contributed by atoms with van der Waals surface area (Å²) in [5, 5.41) is 19.1. The number of hydrogen-bond donors (Lipinski definition) is 2. The summed E-state index contributed by atoms with van der Waals surface area (Å²) < 4.78 is 7.04. The zero-order valence-electron chi connectivity index (χ0n) is 34.0. The van der Waals surface area contributed by atoms with Crippen molar-refractivity contribution >= 4 is 23.6 Å². The van der Waals surface area contributed by atoms with E-state index in [2.05, 4.69) is 70.4 Å². The van der Waals surface area contributed by atoms with Crippen molar-refractivity contribution in [1.82, 2.24) is 30.8 Å². The summed E-state index contributed by atoms with van der Waals surface area (Å²) >= 11 is 0. The lowest BCUT2D eigenvalue weighted by molar-refractivity contribution is -0.127. The third kappa shape index (κ3) is 8.54. The van der Waals surface area contributed by atoms with Crippen LogP contribution in [0.2, 0.25) is 0 Å². The number of hydrogen-bond acceptors (Lipinski definition) is 7. The van der Waals surface area contributed by atoms with Gasteiger partial charge in [-0.05, 0) is 74.7 Å². The molecule has 0 radical (unpaired) electrons. The van der Waals surface area contributed by atoms with E-state index in [4.69, 9.17) is 15.0 Å². The standard InChI is InChI=1S/C50H47N7O4/c1-2-3-33-61-49(60)51-34-46(58)52-44-32-31-38-17-13-16-26-45(38)56(48(44)59)35-36-27-29-37(30-28-36)42-24-14-15-25-43(42)47-53-54-55-57(47)50(39-18-7-4-8-19-39,40-20-9-5-10-21-40)41-22-11-6-12-23-41/h4-30,44H,2-3,31-35H2,1H3,(H,51,60)(H,52,58). The summed E-state index contributed by atoms with van der Waals surface area (Å²) in [5.41, 5.74) is 7.59. The van der Waals surface area contributed by atoms with Crippen LogP contribution in [-0.4, -0.2) is 57.3 Å². The Kier molecular flexibility index (Phi) is 12.4. The molecule has 0 bridgehead atoms. The van der Waals surface area contributed by atoms with E-state index in [1.54, 1.807) is 4.90 Å². The fraction of sp³-hybridized carbons (Fsp3) is 0.200. The number of fused-ring (bicyclic) bond motifs is 1. The van der Waals surface area contributed by atoms with Crippen molar-refractivity contribution in [3.63, 3.8) is 0 Å². The van der Waals surface area contributed by atoms with Gasteiger partial charge in [-0.3, -0.25) is 9.59 Å². The highest BCUT2D eigenvalue weighted by molar-refractivity contribution is 6.00. The lowest BCUT2D eigenvalue weighted by atomic mass is 9.77. The van der Waals surface area contributed by atoms with Crippen LogP contribution in [0.4, 0.5) is 10.5 Å². The van der Waals surface area contributed by atoms with Crippen LogP contribution >= 0.6 is 0 Å². The number of para-hydroxylation sites is 1. The molecule has 3 amide bonds. The molecule has 0 aliphatic carbocycles. The molecule has 306 valence electrons. The summed E-state index contributed by atoms with van der Waals surface area (Å²) in [4.78, 5) is 41.0. The first-order valence-electron chi connectivity index (χ1n) is 20.7. The molecule has 2 N–H and O–H groups in total. The lowest BCUT2D eigenvalue weighted by Gasteiger charge is -2.36. The Hall–Kier alpha value is -7.40. The van der Waals surface area contributed by atoms with Crippen LogP contribution in [-0.2, 0) is 32.8 Å². The maximum absolute atomic E-state index is 14.2. The Morgan fingerprint density at radius 1 is 0.738 bits per heavy atom. The van der Waals surface area contributed by atoms with Crippen LogP contribution in [0.1, 0.15) is 54.0 Å². The smallest absolute Gasteiger partial charge is 0.407 e. The van der Waals surface area contributed by atoms with E-state index in [1.807, 2.05) is 121 Å². The predicted octanol–water partition coefficient (Wildman–Crippen LogP) is 8.34. The van der Waals surface area contributed by atoms with E-state index in [-0.39, 0.29) is 25.6 Å². The van der Waals surface area contributed by atoms with Gasteiger partial charge >= 0.3 is 6.09 Å². The van der Waals surface area contributed by atoms with Gasteiger partial charge in [0.05, 0.1) is 13.2 Å². The number of rotatable bonds is 14. The summed E-state index contributed by atoms with van der Waals surface area (Å²) in [6.07, 6.45) is 2.00. The van der Waals surface area contributed by atoms with Crippen molar-refractivity contribution in [2.24, 2.45) is 0 Å². The zero-order chi connectivity index (χ0) is 42.0. The highest BCUT2D eigenvalue weighted by atomic mass is 16.5. The predicted molar refractivity (Wildman–Crippen MR) is 235 cm³/mol. The van der Waals surface area contributed by atoms with Crippen molar-refractivity contribution in [2.45, 2.75) is 50.7 Å². The molecule has 0 saturated carbocycles. The second kappa shape index (κ2) is 18.7. The minimum atomic E-state index is -0.913. The Bertz CT molecular complexity index is 2480. The molecular weight excluding hydrogens is 763 g/mol. The largest absolute Gasteiger partial charge is 0.450 e. The number of ether oxygens (including phenoxy) is 1. The molecule has 1 atom stereocenters. The zero-order valence-corrected chi connectivity index (χ0v) is 34.0. The van der Waals surface area contributed by atoms with Gasteiger partial charge in [-0.1, -0.05) is 171 Å². The molecular formula is C50H47N7O4. The summed E-state index contributed by atoms with van der Waals surface area (Å²) in [6.45, 7) is 2.28. The number of nitrogens with zero attached hydrogens (tertiary/aromatic N) is 5. The van der Waals surface area contributed by atoms with Gasteiger partial charge in [-0.15, -0.1) is 5.10 Å². The number of carbonyl (C=O) groups is 3. The van der Waals surface area contributed by atoms with Crippen LogP contribution in [0.3, 0.4) is 0 Å². The molecule has 0 fully saturated rings. The fourth-order valence-electron chi connectivity index (χ4n) is 8.16. The molecule has 1 aliphatic rings.